The molecule has 198 valence electrons. The van der Waals surface area contributed by atoms with Crippen LogP contribution in [0.4, 0.5) is 4.79 Å². The van der Waals surface area contributed by atoms with Crippen molar-refractivity contribution in [2.24, 2.45) is 11.8 Å². The normalized spacial score (nSPS) is 13.6. The molecule has 0 fully saturated rings. The fourth-order valence-corrected chi connectivity index (χ4v) is 4.47. The number of esters is 1. The number of thiazole rings is 1. The average Bonchev–Trinajstić information content (AvgIpc) is 3.35. The molecule has 0 bridgehead atoms. The number of carbonyl (C=O) groups is 3. The molecule has 0 unspecified atom stereocenters. The van der Waals surface area contributed by atoms with Gasteiger partial charge in [0.25, 0.3) is 0 Å². The topological polar surface area (TPSA) is 107 Å². The molecule has 2 N–H and O–H groups in total. The van der Waals surface area contributed by atoms with Gasteiger partial charge in [0.2, 0.25) is 0 Å². The summed E-state index contributed by atoms with van der Waals surface area (Å²) in [5, 5.41) is 8.72. The third-order valence-corrected chi connectivity index (χ3v) is 7.00. The third kappa shape index (κ3) is 9.70. The van der Waals surface area contributed by atoms with Crippen LogP contribution in [-0.2, 0) is 27.3 Å². The first kappa shape index (κ1) is 29.5. The number of aromatic nitrogens is 1. The van der Waals surface area contributed by atoms with E-state index in [1.165, 1.54) is 11.3 Å². The lowest BCUT2D eigenvalue weighted by Crippen LogP contribution is -2.50. The standard InChI is InChI=1S/C27H39N3O5S/c1-6-19(5)25(30-27(33)35-16-20-11-9-8-10-12-20)23(31)15-28-21(18(3)4)13-14-24-29-22(17-36-24)26(32)34-7-2/h8-12,17-19,21,25,28H,6-7,13-16H2,1-5H3,(H,30,33)/t19-,21+,25-/m0/s1. The third-order valence-electron chi connectivity index (χ3n) is 6.09. The Kier molecular flexibility index (Phi) is 12.6. The van der Waals surface area contributed by atoms with Crippen LogP contribution in [0.5, 0.6) is 0 Å². The number of ketones is 1. The van der Waals surface area contributed by atoms with Crippen molar-refractivity contribution in [2.45, 2.75) is 72.6 Å². The summed E-state index contributed by atoms with van der Waals surface area (Å²) in [7, 11) is 0. The lowest BCUT2D eigenvalue weighted by Gasteiger charge is -2.26. The van der Waals surface area contributed by atoms with Crippen LogP contribution < -0.4 is 10.6 Å². The fraction of sp³-hybridized carbons (Fsp3) is 0.556. The van der Waals surface area contributed by atoms with Gasteiger partial charge in [-0.15, -0.1) is 11.3 Å². The molecule has 0 aliphatic rings. The molecule has 0 saturated heterocycles. The minimum absolute atomic E-state index is 0.0299. The van der Waals surface area contributed by atoms with Crippen LogP contribution in [0, 0.1) is 11.8 Å². The highest BCUT2D eigenvalue weighted by Gasteiger charge is 2.27. The molecule has 0 radical (unpaired) electrons. The molecule has 1 amide bonds. The molecule has 0 aliphatic heterocycles. The van der Waals surface area contributed by atoms with Gasteiger partial charge in [0, 0.05) is 17.8 Å². The van der Waals surface area contributed by atoms with Crippen LogP contribution >= 0.6 is 11.3 Å². The van der Waals surface area contributed by atoms with Crippen molar-refractivity contribution in [1.29, 1.82) is 0 Å². The number of amides is 1. The summed E-state index contributed by atoms with van der Waals surface area (Å²) in [4.78, 5) is 41.7. The maximum atomic E-state index is 13.1. The van der Waals surface area contributed by atoms with Crippen LogP contribution in [0.3, 0.4) is 0 Å². The van der Waals surface area contributed by atoms with Crippen molar-refractivity contribution in [3.05, 3.63) is 52.0 Å². The SMILES string of the molecule is CCOC(=O)c1csc(CC[C@@H](NCC(=O)[C@@H](NC(=O)OCc2ccccc2)[C@@H](C)CC)C(C)C)n1. The van der Waals surface area contributed by atoms with E-state index >= 15 is 0 Å². The average molecular weight is 518 g/mol. The lowest BCUT2D eigenvalue weighted by atomic mass is 9.94. The number of carbonyl (C=O) groups excluding carboxylic acids is 3. The molecule has 3 atom stereocenters. The molecule has 2 rings (SSSR count). The monoisotopic (exact) mass is 517 g/mol. The number of aryl methyl sites for hydroxylation is 1. The van der Waals surface area contributed by atoms with Gasteiger partial charge in [0.05, 0.1) is 24.2 Å². The van der Waals surface area contributed by atoms with Crippen LogP contribution in [0.25, 0.3) is 0 Å². The molecule has 0 spiro atoms. The maximum absolute atomic E-state index is 13.1. The summed E-state index contributed by atoms with van der Waals surface area (Å²) in [5.74, 6) is -0.230. The first-order valence-corrected chi connectivity index (χ1v) is 13.5. The number of hydrogen-bond donors (Lipinski definition) is 2. The molecule has 1 aromatic carbocycles. The van der Waals surface area contributed by atoms with Gasteiger partial charge in [0.15, 0.2) is 11.5 Å². The Morgan fingerprint density at radius 2 is 1.78 bits per heavy atom. The van der Waals surface area contributed by atoms with E-state index < -0.39 is 18.1 Å². The lowest BCUT2D eigenvalue weighted by molar-refractivity contribution is -0.121. The minimum Gasteiger partial charge on any atom is -0.461 e. The molecule has 36 heavy (non-hydrogen) atoms. The zero-order valence-electron chi connectivity index (χ0n) is 21.9. The van der Waals surface area contributed by atoms with Crippen LogP contribution in [-0.4, -0.2) is 48.1 Å². The molecule has 0 saturated carbocycles. The summed E-state index contributed by atoms with van der Waals surface area (Å²) in [6.07, 6.45) is 1.60. The Hall–Kier alpha value is -2.78. The highest BCUT2D eigenvalue weighted by molar-refractivity contribution is 7.09. The van der Waals surface area contributed by atoms with Crippen molar-refractivity contribution in [3.8, 4) is 0 Å². The summed E-state index contributed by atoms with van der Waals surface area (Å²) in [6.45, 7) is 10.5. The minimum atomic E-state index is -0.635. The summed E-state index contributed by atoms with van der Waals surface area (Å²) < 4.78 is 10.3. The predicted octanol–water partition coefficient (Wildman–Crippen LogP) is 4.78. The number of alkyl carbamates (subject to hydrolysis) is 1. The summed E-state index contributed by atoms with van der Waals surface area (Å²) >= 11 is 1.44. The Balaban J connectivity index is 1.89. The number of Topliss-reactive ketones (excluding diaryl/α,β-unsaturated/α-hetero) is 1. The summed E-state index contributed by atoms with van der Waals surface area (Å²) in [6, 6.07) is 8.86. The van der Waals surface area contributed by atoms with Gasteiger partial charge in [-0.3, -0.25) is 4.79 Å². The van der Waals surface area contributed by atoms with Gasteiger partial charge >= 0.3 is 12.1 Å². The smallest absolute Gasteiger partial charge is 0.408 e. The Morgan fingerprint density at radius 1 is 1.06 bits per heavy atom. The second-order valence-corrected chi connectivity index (χ2v) is 10.1. The molecule has 1 heterocycles. The second kappa shape index (κ2) is 15.4. The molecule has 0 aliphatic carbocycles. The van der Waals surface area contributed by atoms with Crippen molar-refractivity contribution in [2.75, 3.05) is 13.2 Å². The second-order valence-electron chi connectivity index (χ2n) is 9.15. The predicted molar refractivity (Wildman–Crippen MR) is 141 cm³/mol. The van der Waals surface area contributed by atoms with Crippen molar-refractivity contribution >= 4 is 29.2 Å². The first-order chi connectivity index (χ1) is 17.2. The highest BCUT2D eigenvalue weighted by atomic mass is 32.1. The molecule has 9 heteroatoms. The highest BCUT2D eigenvalue weighted by Crippen LogP contribution is 2.17. The van der Waals surface area contributed by atoms with Gasteiger partial charge in [-0.25, -0.2) is 14.6 Å². The Morgan fingerprint density at radius 3 is 2.42 bits per heavy atom. The van der Waals surface area contributed by atoms with E-state index in [-0.39, 0.29) is 36.8 Å². The van der Waals surface area contributed by atoms with E-state index in [0.717, 1.165) is 23.4 Å². The van der Waals surface area contributed by atoms with Crippen molar-refractivity contribution < 1.29 is 23.9 Å². The number of ether oxygens (including phenoxy) is 2. The number of hydrogen-bond acceptors (Lipinski definition) is 8. The van der Waals surface area contributed by atoms with E-state index in [1.807, 2.05) is 44.2 Å². The van der Waals surface area contributed by atoms with Gasteiger partial charge in [-0.1, -0.05) is 64.4 Å². The summed E-state index contributed by atoms with van der Waals surface area (Å²) in [5.41, 5.74) is 1.22. The molecule has 1 aromatic heterocycles. The first-order valence-electron chi connectivity index (χ1n) is 12.6. The maximum Gasteiger partial charge on any atom is 0.408 e. The van der Waals surface area contributed by atoms with Crippen LogP contribution in [0.1, 0.15) is 68.5 Å². The Bertz CT molecular complexity index is 963. The Labute approximate surface area is 218 Å². The van der Waals surface area contributed by atoms with Gasteiger partial charge in [-0.05, 0) is 30.7 Å². The van der Waals surface area contributed by atoms with E-state index in [1.54, 1.807) is 12.3 Å². The van der Waals surface area contributed by atoms with Gasteiger partial charge in [-0.2, -0.15) is 0 Å². The van der Waals surface area contributed by atoms with Gasteiger partial charge < -0.3 is 20.1 Å². The molecule has 8 nitrogen and oxygen atoms in total. The number of benzene rings is 1. The molecular formula is C27H39N3O5S. The number of nitrogens with one attached hydrogen (secondary N) is 2. The largest absolute Gasteiger partial charge is 0.461 e. The zero-order chi connectivity index (χ0) is 26.5. The van der Waals surface area contributed by atoms with E-state index in [9.17, 15) is 14.4 Å². The van der Waals surface area contributed by atoms with Gasteiger partial charge in [0.1, 0.15) is 6.61 Å². The van der Waals surface area contributed by atoms with Crippen LogP contribution in [0.2, 0.25) is 0 Å². The number of nitrogens with zero attached hydrogens (tertiary/aromatic N) is 1. The number of rotatable bonds is 15. The van der Waals surface area contributed by atoms with E-state index in [4.69, 9.17) is 9.47 Å². The molecule has 2 aromatic rings. The zero-order valence-corrected chi connectivity index (χ0v) is 22.7. The fourth-order valence-electron chi connectivity index (χ4n) is 3.68. The van der Waals surface area contributed by atoms with E-state index in [0.29, 0.717) is 18.7 Å². The van der Waals surface area contributed by atoms with Crippen molar-refractivity contribution in [3.63, 3.8) is 0 Å². The quantitative estimate of drug-likeness (QED) is 0.328. The van der Waals surface area contributed by atoms with E-state index in [2.05, 4.69) is 29.5 Å². The molecular weight excluding hydrogens is 478 g/mol. The van der Waals surface area contributed by atoms with Crippen molar-refractivity contribution in [1.82, 2.24) is 15.6 Å². The van der Waals surface area contributed by atoms with Crippen LogP contribution in [0.15, 0.2) is 35.7 Å².